The van der Waals surface area contributed by atoms with E-state index >= 15 is 4.39 Å². The summed E-state index contributed by atoms with van der Waals surface area (Å²) in [6, 6.07) is 33.2. The smallest absolute Gasteiger partial charge is 0.132 e. The molecule has 5 aromatic rings. The van der Waals surface area contributed by atoms with Gasteiger partial charge < -0.3 is 0 Å². The van der Waals surface area contributed by atoms with Crippen molar-refractivity contribution in [3.63, 3.8) is 0 Å². The largest absolute Gasteiger partial charge is 0.206 e. The van der Waals surface area contributed by atoms with Crippen molar-refractivity contribution in [2.24, 2.45) is 0 Å². The second-order valence-electron chi connectivity index (χ2n) is 10.7. The molecule has 0 aliphatic rings. The summed E-state index contributed by atoms with van der Waals surface area (Å²) in [5.74, 6) is 5.86. The molecule has 0 amide bonds. The Morgan fingerprint density at radius 2 is 1.07 bits per heavy atom. The Morgan fingerprint density at radius 3 is 1.66 bits per heavy atom. The van der Waals surface area contributed by atoms with E-state index in [9.17, 15) is 4.39 Å². The Kier molecular flexibility index (Phi) is 8.76. The Balaban J connectivity index is 1.23. The average molecular weight is 541 g/mol. The predicted molar refractivity (Wildman–Crippen MR) is 167 cm³/mol. The van der Waals surface area contributed by atoms with Crippen LogP contribution in [-0.4, -0.2) is 0 Å². The van der Waals surface area contributed by atoms with Crippen molar-refractivity contribution in [3.8, 4) is 34.1 Å². The van der Waals surface area contributed by atoms with Gasteiger partial charge in [-0.15, -0.1) is 0 Å². The molecule has 0 nitrogen and oxygen atoms in total. The first kappa shape index (κ1) is 28.1. The first-order chi connectivity index (χ1) is 19.9. The topological polar surface area (TPSA) is 0 Å². The van der Waals surface area contributed by atoms with Crippen LogP contribution in [0.3, 0.4) is 0 Å². The van der Waals surface area contributed by atoms with Crippen LogP contribution in [0, 0.1) is 37.3 Å². The first-order valence-electron chi connectivity index (χ1n) is 14.3. The van der Waals surface area contributed by atoms with Gasteiger partial charge in [-0.25, -0.2) is 8.78 Å². The lowest BCUT2D eigenvalue weighted by molar-refractivity contribution is 0.630. The van der Waals surface area contributed by atoms with Gasteiger partial charge in [0.25, 0.3) is 0 Å². The quantitative estimate of drug-likeness (QED) is 0.180. The average Bonchev–Trinajstić information content (AvgIpc) is 2.98. The molecule has 0 aliphatic carbocycles. The van der Waals surface area contributed by atoms with Gasteiger partial charge in [-0.05, 0) is 102 Å². The van der Waals surface area contributed by atoms with Gasteiger partial charge >= 0.3 is 0 Å². The van der Waals surface area contributed by atoms with Crippen molar-refractivity contribution >= 4 is 0 Å². The van der Waals surface area contributed by atoms with Crippen LogP contribution in [0.1, 0.15) is 52.3 Å². The van der Waals surface area contributed by atoms with Gasteiger partial charge in [0.1, 0.15) is 11.6 Å². The van der Waals surface area contributed by atoms with Crippen LogP contribution in [0.15, 0.2) is 103 Å². The van der Waals surface area contributed by atoms with E-state index in [-0.39, 0.29) is 11.6 Å². The first-order valence-corrected chi connectivity index (χ1v) is 14.3. The second kappa shape index (κ2) is 12.8. The fourth-order valence-corrected chi connectivity index (χ4v) is 5.07. The van der Waals surface area contributed by atoms with Gasteiger partial charge in [-0.2, -0.15) is 0 Å². The molecule has 0 saturated carbocycles. The molecule has 0 saturated heterocycles. The van der Waals surface area contributed by atoms with Crippen LogP contribution in [0.4, 0.5) is 8.78 Å². The van der Waals surface area contributed by atoms with E-state index in [2.05, 4.69) is 55.2 Å². The van der Waals surface area contributed by atoms with Crippen LogP contribution in [0.5, 0.6) is 0 Å². The minimum Gasteiger partial charge on any atom is -0.206 e. The Labute approximate surface area is 242 Å². The molecule has 0 bridgehead atoms. The van der Waals surface area contributed by atoms with Crippen molar-refractivity contribution < 1.29 is 8.78 Å². The van der Waals surface area contributed by atoms with Gasteiger partial charge in [0.2, 0.25) is 0 Å². The van der Waals surface area contributed by atoms with Crippen molar-refractivity contribution in [3.05, 3.63) is 154 Å². The number of benzene rings is 5. The molecule has 41 heavy (non-hydrogen) atoms. The zero-order valence-electron chi connectivity index (χ0n) is 23.9. The maximum absolute atomic E-state index is 15.2. The van der Waals surface area contributed by atoms with Gasteiger partial charge in [-0.3, -0.25) is 0 Å². The number of halogens is 2. The van der Waals surface area contributed by atoms with Crippen LogP contribution in [0.25, 0.3) is 22.3 Å². The molecular formula is C39H34F2. The third-order valence-corrected chi connectivity index (χ3v) is 7.50. The molecule has 5 aromatic carbocycles. The molecule has 0 aromatic heterocycles. The van der Waals surface area contributed by atoms with Gasteiger partial charge in [0.05, 0.1) is 0 Å². The Hall–Kier alpha value is -4.48. The van der Waals surface area contributed by atoms with E-state index in [0.29, 0.717) is 16.7 Å². The van der Waals surface area contributed by atoms with Gasteiger partial charge in [-0.1, -0.05) is 98.0 Å². The van der Waals surface area contributed by atoms with Crippen LogP contribution < -0.4 is 0 Å². The highest BCUT2D eigenvalue weighted by atomic mass is 19.1. The van der Waals surface area contributed by atoms with Crippen LogP contribution in [0.2, 0.25) is 0 Å². The van der Waals surface area contributed by atoms with E-state index in [4.69, 9.17) is 0 Å². The molecule has 0 heterocycles. The molecule has 2 heteroatoms. The van der Waals surface area contributed by atoms with E-state index < -0.39 is 0 Å². The zero-order valence-corrected chi connectivity index (χ0v) is 23.9. The number of aryl methyl sites for hydroxylation is 5. The standard InChI is InChI=1S/C39H34F2/c1-4-5-29-7-9-30(10-8-29)17-22-35-26-39(41)37(25-28(35)3)34-20-15-32(16-21-34)12-11-31-13-18-33(19-14-31)36-23-6-27(2)24-38(36)40/h6-10,13-16,18-21,23-26H,4-5,11-12H2,1-3H3. The molecule has 0 unspecified atom stereocenters. The minimum atomic E-state index is -0.268. The summed E-state index contributed by atoms with van der Waals surface area (Å²) in [5, 5.41) is 0. The number of rotatable bonds is 7. The fraction of sp³-hybridized carbons (Fsp3) is 0.179. The normalized spacial score (nSPS) is 10.8. The maximum atomic E-state index is 15.2. The van der Waals surface area contributed by atoms with Gasteiger partial charge in [0, 0.05) is 22.3 Å². The summed E-state index contributed by atoms with van der Waals surface area (Å²) in [6.45, 7) is 6.04. The minimum absolute atomic E-state index is 0.194. The van der Waals surface area contributed by atoms with E-state index in [1.807, 2.05) is 68.4 Å². The molecule has 0 aliphatic heterocycles. The summed E-state index contributed by atoms with van der Waals surface area (Å²) in [5.41, 5.74) is 10.1. The summed E-state index contributed by atoms with van der Waals surface area (Å²) >= 11 is 0. The maximum Gasteiger partial charge on any atom is 0.132 e. The monoisotopic (exact) mass is 540 g/mol. The summed E-state index contributed by atoms with van der Waals surface area (Å²) in [7, 11) is 0. The molecule has 0 radical (unpaired) electrons. The third kappa shape index (κ3) is 7.00. The molecule has 0 fully saturated rings. The highest BCUT2D eigenvalue weighted by Crippen LogP contribution is 2.27. The molecule has 5 rings (SSSR count). The van der Waals surface area contributed by atoms with Crippen molar-refractivity contribution in [2.75, 3.05) is 0 Å². The Bertz CT molecular complexity index is 1700. The Morgan fingerprint density at radius 1 is 0.537 bits per heavy atom. The third-order valence-electron chi connectivity index (χ3n) is 7.50. The molecule has 0 spiro atoms. The lowest BCUT2D eigenvalue weighted by Crippen LogP contribution is -1.94. The fourth-order valence-electron chi connectivity index (χ4n) is 5.07. The van der Waals surface area contributed by atoms with E-state index in [1.54, 1.807) is 12.1 Å². The predicted octanol–water partition coefficient (Wildman–Crippen LogP) is 10.1. The summed E-state index contributed by atoms with van der Waals surface area (Å²) in [4.78, 5) is 0. The lowest BCUT2D eigenvalue weighted by Gasteiger charge is -2.09. The zero-order chi connectivity index (χ0) is 28.8. The number of hydrogen-bond acceptors (Lipinski definition) is 0. The van der Waals surface area contributed by atoms with Crippen molar-refractivity contribution in [1.82, 2.24) is 0 Å². The van der Waals surface area contributed by atoms with E-state index in [1.165, 1.54) is 16.7 Å². The van der Waals surface area contributed by atoms with Crippen molar-refractivity contribution in [1.29, 1.82) is 0 Å². The molecule has 0 atom stereocenters. The molecule has 0 N–H and O–H groups in total. The molecule has 204 valence electrons. The van der Waals surface area contributed by atoms with Gasteiger partial charge in [0.15, 0.2) is 0 Å². The van der Waals surface area contributed by atoms with Crippen LogP contribution in [-0.2, 0) is 19.3 Å². The molecular weight excluding hydrogens is 506 g/mol. The second-order valence-corrected chi connectivity index (χ2v) is 10.7. The number of hydrogen-bond donors (Lipinski definition) is 0. The highest BCUT2D eigenvalue weighted by Gasteiger charge is 2.10. The lowest BCUT2D eigenvalue weighted by atomic mass is 9.96. The summed E-state index contributed by atoms with van der Waals surface area (Å²) < 4.78 is 29.5. The van der Waals surface area contributed by atoms with Crippen molar-refractivity contribution in [2.45, 2.75) is 46.5 Å². The SMILES string of the molecule is CCCc1ccc(C#Cc2cc(F)c(-c3ccc(CCc4ccc(-c5ccc(C)cc5F)cc4)cc3)cc2C)cc1. The van der Waals surface area contributed by atoms with E-state index in [0.717, 1.165) is 53.5 Å². The summed E-state index contributed by atoms with van der Waals surface area (Å²) in [6.07, 6.45) is 3.92. The highest BCUT2D eigenvalue weighted by molar-refractivity contribution is 5.67. The van der Waals surface area contributed by atoms with Crippen LogP contribution >= 0.6 is 0 Å².